The van der Waals surface area contributed by atoms with Crippen LogP contribution in [0.15, 0.2) is 53.1 Å². The number of pyridine rings is 1. The van der Waals surface area contributed by atoms with Crippen molar-refractivity contribution in [2.75, 3.05) is 0 Å². The summed E-state index contributed by atoms with van der Waals surface area (Å²) in [5.74, 6) is 0. The van der Waals surface area contributed by atoms with E-state index in [1.807, 2.05) is 18.2 Å². The zero-order valence-corrected chi connectivity index (χ0v) is 17.1. The average Bonchev–Trinajstić information content (AvgIpc) is 3.01. The summed E-state index contributed by atoms with van der Waals surface area (Å²) in [5.41, 5.74) is 7.03. The van der Waals surface area contributed by atoms with Gasteiger partial charge in [0, 0.05) is 22.9 Å². The van der Waals surface area contributed by atoms with Crippen LogP contribution in [-0.4, -0.2) is 0 Å². The van der Waals surface area contributed by atoms with Gasteiger partial charge in [0.2, 0.25) is 11.4 Å². The Hall–Kier alpha value is -3.12. The molecule has 2 heterocycles. The maximum atomic E-state index is 7.47. The molecule has 2 aromatic heterocycles. The van der Waals surface area contributed by atoms with Gasteiger partial charge in [-0.2, -0.15) is 0 Å². The van der Waals surface area contributed by atoms with Crippen LogP contribution in [0.5, 0.6) is 0 Å². The van der Waals surface area contributed by atoms with E-state index in [0.29, 0.717) is 11.3 Å². The molecule has 0 spiro atoms. The molecule has 3 heteroatoms. The molecule has 0 radical (unpaired) electrons. The molecule has 0 saturated carbocycles. The van der Waals surface area contributed by atoms with Crippen LogP contribution in [0.25, 0.3) is 38.0 Å². The second kappa shape index (κ2) is 6.49. The summed E-state index contributed by atoms with van der Waals surface area (Å²) in [7, 11) is 2.07. The van der Waals surface area contributed by atoms with Crippen molar-refractivity contribution in [2.24, 2.45) is 12.5 Å². The number of nitrogens with zero attached hydrogens (tertiary/aromatic N) is 2. The van der Waals surface area contributed by atoms with E-state index in [9.17, 15) is 0 Å². The number of benzene rings is 2. The predicted octanol–water partition coefficient (Wildman–Crippen LogP) is 6.53. The third-order valence-electron chi connectivity index (χ3n) is 5.18. The second-order valence-electron chi connectivity index (χ2n) is 8.77. The smallest absolute Gasteiger partial charge is 0.229 e. The molecular formula is C25H25N2O+. The van der Waals surface area contributed by atoms with Crippen LogP contribution in [0.4, 0.5) is 5.69 Å². The number of furan rings is 1. The lowest BCUT2D eigenvalue weighted by molar-refractivity contribution is -0.660. The topological polar surface area (TPSA) is 21.4 Å². The zero-order chi connectivity index (χ0) is 20.1. The molecule has 0 aliphatic heterocycles. The highest BCUT2D eigenvalue weighted by molar-refractivity contribution is 6.12. The van der Waals surface area contributed by atoms with Gasteiger partial charge >= 0.3 is 0 Å². The molecule has 0 unspecified atom stereocenters. The van der Waals surface area contributed by atoms with E-state index in [-0.39, 0.29) is 5.41 Å². The maximum absolute atomic E-state index is 7.47. The van der Waals surface area contributed by atoms with Gasteiger partial charge in [-0.05, 0) is 29.9 Å². The van der Waals surface area contributed by atoms with Gasteiger partial charge < -0.3 is 4.42 Å². The molecule has 0 saturated heterocycles. The van der Waals surface area contributed by atoms with Crippen molar-refractivity contribution < 1.29 is 8.98 Å². The summed E-state index contributed by atoms with van der Waals surface area (Å²) >= 11 is 0. The first-order chi connectivity index (χ1) is 13.3. The SMILES string of the molecule is [C-]#[N+]c1cccc2c1oc1c(-c3cc(CC(C)(C)C)cc[n+]3C)c(C)ccc12. The Kier molecular flexibility index (Phi) is 4.23. The van der Waals surface area contributed by atoms with E-state index >= 15 is 0 Å². The van der Waals surface area contributed by atoms with Gasteiger partial charge in [0.15, 0.2) is 6.20 Å². The maximum Gasteiger partial charge on any atom is 0.229 e. The predicted molar refractivity (Wildman–Crippen MR) is 114 cm³/mol. The van der Waals surface area contributed by atoms with Crippen molar-refractivity contribution in [1.29, 1.82) is 0 Å². The van der Waals surface area contributed by atoms with E-state index in [2.05, 4.69) is 74.6 Å². The molecular weight excluding hydrogens is 344 g/mol. The van der Waals surface area contributed by atoms with Crippen LogP contribution < -0.4 is 4.57 Å². The minimum Gasteiger partial charge on any atom is -0.466 e. The second-order valence-corrected chi connectivity index (χ2v) is 8.77. The Morgan fingerprint density at radius 1 is 1.04 bits per heavy atom. The molecule has 2 aromatic carbocycles. The first-order valence-electron chi connectivity index (χ1n) is 9.60. The third-order valence-corrected chi connectivity index (χ3v) is 5.18. The van der Waals surface area contributed by atoms with Crippen LogP contribution in [0.1, 0.15) is 31.9 Å². The number of fused-ring (bicyclic) bond motifs is 3. The van der Waals surface area contributed by atoms with E-state index in [0.717, 1.165) is 34.0 Å². The number of aryl methyl sites for hydroxylation is 2. The fourth-order valence-corrected chi connectivity index (χ4v) is 3.94. The Balaban J connectivity index is 2.03. The highest BCUT2D eigenvalue weighted by Gasteiger charge is 2.22. The third kappa shape index (κ3) is 3.05. The van der Waals surface area contributed by atoms with Crippen LogP contribution in [0.3, 0.4) is 0 Å². The molecule has 0 aliphatic carbocycles. The van der Waals surface area contributed by atoms with Gasteiger partial charge in [0.05, 0.1) is 12.1 Å². The van der Waals surface area contributed by atoms with Crippen molar-refractivity contribution in [2.45, 2.75) is 34.1 Å². The van der Waals surface area contributed by atoms with Crippen molar-refractivity contribution in [1.82, 2.24) is 0 Å². The fourth-order valence-electron chi connectivity index (χ4n) is 3.94. The van der Waals surface area contributed by atoms with Crippen LogP contribution in [-0.2, 0) is 13.5 Å². The number of hydrogen-bond acceptors (Lipinski definition) is 1. The molecule has 0 N–H and O–H groups in total. The van der Waals surface area contributed by atoms with E-state index in [1.165, 1.54) is 11.1 Å². The monoisotopic (exact) mass is 369 g/mol. The van der Waals surface area contributed by atoms with Gasteiger partial charge in [-0.25, -0.2) is 9.41 Å². The first-order valence-corrected chi connectivity index (χ1v) is 9.60. The number of aromatic nitrogens is 1. The van der Waals surface area contributed by atoms with Gasteiger partial charge in [-0.3, -0.25) is 0 Å². The highest BCUT2D eigenvalue weighted by atomic mass is 16.3. The quantitative estimate of drug-likeness (QED) is 0.291. The van der Waals surface area contributed by atoms with Crippen molar-refractivity contribution >= 4 is 27.6 Å². The lowest BCUT2D eigenvalue weighted by Crippen LogP contribution is -2.31. The summed E-state index contributed by atoms with van der Waals surface area (Å²) in [6.07, 6.45) is 3.14. The molecule has 0 atom stereocenters. The average molecular weight is 369 g/mol. The molecule has 0 amide bonds. The summed E-state index contributed by atoms with van der Waals surface area (Å²) in [6.45, 7) is 16.4. The summed E-state index contributed by atoms with van der Waals surface area (Å²) < 4.78 is 8.46. The Bertz CT molecular complexity index is 1250. The molecule has 0 fully saturated rings. The zero-order valence-electron chi connectivity index (χ0n) is 17.1. The van der Waals surface area contributed by atoms with Gasteiger partial charge in [0.25, 0.3) is 0 Å². The number of para-hydroxylation sites is 1. The first kappa shape index (κ1) is 18.3. The van der Waals surface area contributed by atoms with Crippen molar-refractivity contribution in [3.63, 3.8) is 0 Å². The normalized spacial score (nSPS) is 11.9. The molecule has 28 heavy (non-hydrogen) atoms. The highest BCUT2D eigenvalue weighted by Crippen LogP contribution is 2.40. The van der Waals surface area contributed by atoms with Crippen LogP contribution in [0.2, 0.25) is 0 Å². The van der Waals surface area contributed by atoms with Crippen LogP contribution in [0, 0.1) is 18.9 Å². The minimum atomic E-state index is 0.224. The van der Waals surface area contributed by atoms with Gasteiger partial charge in [-0.1, -0.05) is 51.1 Å². The van der Waals surface area contributed by atoms with Crippen molar-refractivity contribution in [3.05, 3.63) is 71.2 Å². The standard InChI is InChI=1S/C25H25N2O/c1-16-10-11-19-18-8-7-9-20(26-5)23(18)28-24(19)22(16)21-14-17(12-13-27(21)6)15-25(2,3)4/h7-14H,15H2,1-4,6H3/q+1. The Morgan fingerprint density at radius 2 is 1.79 bits per heavy atom. The minimum absolute atomic E-state index is 0.224. The fraction of sp³-hybridized carbons (Fsp3) is 0.280. The summed E-state index contributed by atoms with van der Waals surface area (Å²) in [5, 5.41) is 2.06. The molecule has 4 aromatic rings. The van der Waals surface area contributed by atoms with Crippen molar-refractivity contribution in [3.8, 4) is 11.3 Å². The number of hydrogen-bond donors (Lipinski definition) is 0. The van der Waals surface area contributed by atoms with Crippen LogP contribution >= 0.6 is 0 Å². The lowest BCUT2D eigenvalue weighted by Gasteiger charge is -2.18. The molecule has 0 aliphatic rings. The van der Waals surface area contributed by atoms with Gasteiger partial charge in [0.1, 0.15) is 18.2 Å². The Morgan fingerprint density at radius 3 is 2.50 bits per heavy atom. The summed E-state index contributed by atoms with van der Waals surface area (Å²) in [6, 6.07) is 14.5. The molecule has 0 bridgehead atoms. The molecule has 3 nitrogen and oxygen atoms in total. The largest absolute Gasteiger partial charge is 0.466 e. The van der Waals surface area contributed by atoms with E-state index < -0.39 is 0 Å². The van der Waals surface area contributed by atoms with E-state index in [4.69, 9.17) is 11.0 Å². The Labute approximate surface area is 166 Å². The lowest BCUT2D eigenvalue weighted by atomic mass is 9.88. The molecule has 140 valence electrons. The number of rotatable bonds is 2. The molecule has 4 rings (SSSR count). The summed E-state index contributed by atoms with van der Waals surface area (Å²) in [4.78, 5) is 3.64. The van der Waals surface area contributed by atoms with E-state index in [1.54, 1.807) is 0 Å². The van der Waals surface area contributed by atoms with Gasteiger partial charge in [-0.15, -0.1) is 0 Å².